The number of aromatic hydroxyl groups is 1. The Labute approximate surface area is 180 Å². The van der Waals surface area contributed by atoms with Crippen molar-refractivity contribution in [3.63, 3.8) is 0 Å². The first-order valence-electron chi connectivity index (χ1n) is 10.5. The van der Waals surface area contributed by atoms with Gasteiger partial charge in [0.2, 0.25) is 5.95 Å². The van der Waals surface area contributed by atoms with Crippen LogP contribution in [0.15, 0.2) is 24.5 Å². The third-order valence-electron chi connectivity index (χ3n) is 5.49. The molecular formula is C21H28ClN7O. The first kappa shape index (κ1) is 20.7. The lowest BCUT2D eigenvalue weighted by Crippen LogP contribution is -2.26. The summed E-state index contributed by atoms with van der Waals surface area (Å²) in [6.07, 6.45) is 7.88. The molecule has 1 unspecified atom stereocenters. The fourth-order valence-corrected chi connectivity index (χ4v) is 4.07. The molecule has 1 aromatic carbocycles. The average molecular weight is 430 g/mol. The SMILES string of the molecule is CC(N)CNc1nc(NCc2cccc(Cl)c2O)c2ncn(C3CCCCC3)c2n1. The Morgan fingerprint density at radius 2 is 2.03 bits per heavy atom. The van der Waals surface area contributed by atoms with Crippen LogP contribution in [0.25, 0.3) is 11.2 Å². The molecule has 1 saturated carbocycles. The van der Waals surface area contributed by atoms with Gasteiger partial charge in [0.25, 0.3) is 0 Å². The van der Waals surface area contributed by atoms with Gasteiger partial charge in [-0.25, -0.2) is 4.98 Å². The number of nitrogens with zero attached hydrogens (tertiary/aromatic N) is 4. The number of hydrogen-bond donors (Lipinski definition) is 4. The van der Waals surface area contributed by atoms with Gasteiger partial charge < -0.3 is 26.0 Å². The Morgan fingerprint density at radius 3 is 2.80 bits per heavy atom. The number of fused-ring (bicyclic) bond motifs is 1. The fraction of sp³-hybridized carbons (Fsp3) is 0.476. The van der Waals surface area contributed by atoms with Crippen LogP contribution in [-0.2, 0) is 6.54 Å². The molecule has 2 heterocycles. The van der Waals surface area contributed by atoms with E-state index in [1.54, 1.807) is 6.07 Å². The largest absolute Gasteiger partial charge is 0.506 e. The molecule has 1 aliphatic rings. The maximum absolute atomic E-state index is 10.2. The average Bonchev–Trinajstić information content (AvgIpc) is 3.18. The van der Waals surface area contributed by atoms with E-state index >= 15 is 0 Å². The summed E-state index contributed by atoms with van der Waals surface area (Å²) in [7, 11) is 0. The van der Waals surface area contributed by atoms with Crippen LogP contribution >= 0.6 is 11.6 Å². The number of nitrogens with two attached hydrogens (primary N) is 1. The van der Waals surface area contributed by atoms with Crippen molar-refractivity contribution < 1.29 is 5.11 Å². The van der Waals surface area contributed by atoms with Crippen LogP contribution in [-0.4, -0.2) is 37.2 Å². The highest BCUT2D eigenvalue weighted by Gasteiger charge is 2.21. The van der Waals surface area contributed by atoms with E-state index in [-0.39, 0.29) is 11.8 Å². The van der Waals surface area contributed by atoms with E-state index in [0.29, 0.717) is 47.0 Å². The number of halogens is 1. The van der Waals surface area contributed by atoms with Crippen molar-refractivity contribution in [1.82, 2.24) is 19.5 Å². The minimum absolute atomic E-state index is 0.0210. The van der Waals surface area contributed by atoms with Gasteiger partial charge in [-0.1, -0.05) is 43.0 Å². The van der Waals surface area contributed by atoms with E-state index < -0.39 is 0 Å². The highest BCUT2D eigenvalue weighted by molar-refractivity contribution is 6.32. The molecule has 4 rings (SSSR count). The molecule has 0 spiro atoms. The molecule has 2 aromatic heterocycles. The van der Waals surface area contributed by atoms with Crippen LogP contribution in [0, 0.1) is 0 Å². The van der Waals surface area contributed by atoms with E-state index in [2.05, 4.69) is 25.2 Å². The molecule has 9 heteroatoms. The number of anilines is 2. The summed E-state index contributed by atoms with van der Waals surface area (Å²) in [6.45, 7) is 2.86. The molecule has 160 valence electrons. The van der Waals surface area contributed by atoms with Gasteiger partial charge in [-0.2, -0.15) is 9.97 Å². The monoisotopic (exact) mass is 429 g/mol. The molecule has 0 bridgehead atoms. The molecule has 0 aliphatic heterocycles. The minimum Gasteiger partial charge on any atom is -0.506 e. The van der Waals surface area contributed by atoms with Crippen LogP contribution in [0.4, 0.5) is 11.8 Å². The Morgan fingerprint density at radius 1 is 1.23 bits per heavy atom. The van der Waals surface area contributed by atoms with E-state index in [9.17, 15) is 5.11 Å². The van der Waals surface area contributed by atoms with E-state index in [4.69, 9.17) is 22.3 Å². The second kappa shape index (κ2) is 9.06. The van der Waals surface area contributed by atoms with Gasteiger partial charge in [-0.05, 0) is 25.8 Å². The van der Waals surface area contributed by atoms with Crippen molar-refractivity contribution in [2.45, 2.75) is 57.7 Å². The van der Waals surface area contributed by atoms with Gasteiger partial charge in [0.15, 0.2) is 17.0 Å². The first-order chi connectivity index (χ1) is 14.5. The molecule has 0 saturated heterocycles. The molecule has 1 fully saturated rings. The molecule has 5 N–H and O–H groups in total. The number of nitrogens with one attached hydrogen (secondary N) is 2. The molecular weight excluding hydrogens is 402 g/mol. The predicted octanol–water partition coefficient (Wildman–Crippen LogP) is 4.06. The summed E-state index contributed by atoms with van der Waals surface area (Å²) in [5.41, 5.74) is 8.10. The molecule has 8 nitrogen and oxygen atoms in total. The fourth-order valence-electron chi connectivity index (χ4n) is 3.88. The summed E-state index contributed by atoms with van der Waals surface area (Å²) in [5.74, 6) is 1.19. The first-order valence-corrected chi connectivity index (χ1v) is 10.8. The van der Waals surface area contributed by atoms with Gasteiger partial charge in [-0.15, -0.1) is 0 Å². The van der Waals surface area contributed by atoms with E-state index in [0.717, 1.165) is 18.5 Å². The number of phenols is 1. The molecule has 1 atom stereocenters. The molecule has 0 amide bonds. The Kier molecular flexibility index (Phi) is 6.24. The molecule has 3 aromatic rings. The number of hydrogen-bond acceptors (Lipinski definition) is 7. The van der Waals surface area contributed by atoms with Crippen LogP contribution in [0.1, 0.15) is 50.6 Å². The highest BCUT2D eigenvalue weighted by Crippen LogP contribution is 2.32. The zero-order valence-electron chi connectivity index (χ0n) is 17.1. The zero-order chi connectivity index (χ0) is 21.1. The van der Waals surface area contributed by atoms with Crippen LogP contribution in [0.2, 0.25) is 5.02 Å². The van der Waals surface area contributed by atoms with E-state index in [1.165, 1.54) is 19.3 Å². The number of para-hydroxylation sites is 1. The quantitative estimate of drug-likeness (QED) is 0.447. The number of rotatable bonds is 7. The van der Waals surface area contributed by atoms with Gasteiger partial charge in [0.1, 0.15) is 5.75 Å². The highest BCUT2D eigenvalue weighted by atomic mass is 35.5. The van der Waals surface area contributed by atoms with Crippen molar-refractivity contribution >= 4 is 34.5 Å². The maximum Gasteiger partial charge on any atom is 0.226 e. The number of phenolic OH excluding ortho intramolecular Hbond substituents is 1. The standard InChI is InChI=1S/C21H28ClN7O/c1-13(23)10-25-21-27-19(24-11-14-6-5-9-16(22)18(14)30)17-20(28-21)29(12-26-17)15-7-3-2-4-8-15/h5-6,9,12-13,15,30H,2-4,7-8,10-11,23H2,1H3,(H2,24,25,27,28). The van der Waals surface area contributed by atoms with Gasteiger partial charge in [0.05, 0.1) is 11.3 Å². The van der Waals surface area contributed by atoms with Crippen LogP contribution in [0.3, 0.4) is 0 Å². The maximum atomic E-state index is 10.2. The number of aromatic nitrogens is 4. The normalized spacial score (nSPS) is 16.0. The Bertz CT molecular complexity index is 1010. The topological polar surface area (TPSA) is 114 Å². The smallest absolute Gasteiger partial charge is 0.226 e. The van der Waals surface area contributed by atoms with Crippen molar-refractivity contribution in [3.05, 3.63) is 35.1 Å². The van der Waals surface area contributed by atoms with Crippen LogP contribution < -0.4 is 16.4 Å². The molecule has 0 radical (unpaired) electrons. The Hall–Kier alpha value is -2.58. The summed E-state index contributed by atoms with van der Waals surface area (Å²) < 4.78 is 2.18. The summed E-state index contributed by atoms with van der Waals surface area (Å²) in [5, 5.41) is 17.1. The zero-order valence-corrected chi connectivity index (χ0v) is 17.9. The number of benzene rings is 1. The second-order valence-electron chi connectivity index (χ2n) is 7.97. The number of imidazole rings is 1. The summed E-state index contributed by atoms with van der Waals surface area (Å²) in [6, 6.07) is 5.67. The van der Waals surface area contributed by atoms with Crippen molar-refractivity contribution in [1.29, 1.82) is 0 Å². The summed E-state index contributed by atoms with van der Waals surface area (Å²) >= 11 is 6.04. The molecule has 30 heavy (non-hydrogen) atoms. The van der Waals surface area contributed by atoms with E-state index in [1.807, 2.05) is 25.4 Å². The Balaban J connectivity index is 1.67. The summed E-state index contributed by atoms with van der Waals surface area (Å²) in [4.78, 5) is 14.0. The van der Waals surface area contributed by atoms with Crippen molar-refractivity contribution in [3.8, 4) is 5.75 Å². The van der Waals surface area contributed by atoms with Crippen molar-refractivity contribution in [2.75, 3.05) is 17.2 Å². The minimum atomic E-state index is -0.0210. The van der Waals surface area contributed by atoms with Gasteiger partial charge >= 0.3 is 0 Å². The lowest BCUT2D eigenvalue weighted by atomic mass is 9.95. The third kappa shape index (κ3) is 4.44. The van der Waals surface area contributed by atoms with Gasteiger partial charge in [-0.3, -0.25) is 0 Å². The third-order valence-corrected chi connectivity index (χ3v) is 5.79. The lowest BCUT2D eigenvalue weighted by molar-refractivity contribution is 0.358. The van der Waals surface area contributed by atoms with Crippen molar-refractivity contribution in [2.24, 2.45) is 5.73 Å². The predicted molar refractivity (Wildman–Crippen MR) is 120 cm³/mol. The second-order valence-corrected chi connectivity index (χ2v) is 8.38. The van der Waals surface area contributed by atoms with Crippen LogP contribution in [0.5, 0.6) is 5.75 Å². The molecule has 1 aliphatic carbocycles. The van der Waals surface area contributed by atoms with Gasteiger partial charge in [0, 0.05) is 30.7 Å². The lowest BCUT2D eigenvalue weighted by Gasteiger charge is -2.23.